The van der Waals surface area contributed by atoms with E-state index in [-0.39, 0.29) is 5.78 Å². The number of Topliss-reactive ketones (excluding diaryl/α,β-unsaturated/α-hetero) is 1. The van der Waals surface area contributed by atoms with Crippen LogP contribution in [0.2, 0.25) is 0 Å². The number of ketones is 1. The maximum absolute atomic E-state index is 10.6. The second kappa shape index (κ2) is 3.52. The van der Waals surface area contributed by atoms with E-state index in [2.05, 4.69) is 10.1 Å². The zero-order valence-corrected chi connectivity index (χ0v) is 5.90. The first-order valence-electron chi connectivity index (χ1n) is 3.15. The Hall–Kier alpha value is -1.63. The molecule has 1 aromatic heterocycles. The first kappa shape index (κ1) is 7.48. The molecule has 0 aliphatic rings. The van der Waals surface area contributed by atoms with E-state index >= 15 is 0 Å². The van der Waals surface area contributed by atoms with Crippen LogP contribution in [0.3, 0.4) is 0 Å². The summed E-state index contributed by atoms with van der Waals surface area (Å²) < 4.78 is 1.56. The molecule has 0 fully saturated rings. The van der Waals surface area contributed by atoms with Crippen LogP contribution in [0.4, 0.5) is 0 Å². The van der Waals surface area contributed by atoms with E-state index in [9.17, 15) is 4.79 Å². The van der Waals surface area contributed by atoms with E-state index in [4.69, 9.17) is 6.42 Å². The molecular formula is C7H7N3O. The lowest BCUT2D eigenvalue weighted by molar-refractivity contribution is -0.114. The Morgan fingerprint density at radius 1 is 1.73 bits per heavy atom. The summed E-state index contributed by atoms with van der Waals surface area (Å²) in [6.45, 7) is 0.503. The molecule has 0 atom stereocenters. The Balaban J connectivity index is 2.36. The molecule has 1 aromatic rings. The number of hydrogen-bond donors (Lipinski definition) is 0. The van der Waals surface area contributed by atoms with Crippen LogP contribution in [-0.2, 0) is 11.3 Å². The molecule has 4 nitrogen and oxygen atoms in total. The second-order valence-corrected chi connectivity index (χ2v) is 1.98. The lowest BCUT2D eigenvalue weighted by Crippen LogP contribution is -2.03. The average Bonchev–Trinajstić information content (AvgIpc) is 2.52. The highest BCUT2D eigenvalue weighted by atomic mass is 16.1. The van der Waals surface area contributed by atoms with Gasteiger partial charge in [0.1, 0.15) is 12.7 Å². The minimum atomic E-state index is -0.208. The number of carbonyl (C=O) groups is 1. The maximum Gasteiger partial charge on any atom is 0.207 e. The van der Waals surface area contributed by atoms with Crippen LogP contribution < -0.4 is 0 Å². The van der Waals surface area contributed by atoms with Gasteiger partial charge in [0.05, 0.1) is 6.54 Å². The third-order valence-electron chi connectivity index (χ3n) is 1.20. The molecule has 0 aromatic carbocycles. The zero-order valence-electron chi connectivity index (χ0n) is 5.90. The molecule has 56 valence electrons. The Labute approximate surface area is 64.2 Å². The highest BCUT2D eigenvalue weighted by Crippen LogP contribution is 1.87. The number of hydrogen-bond acceptors (Lipinski definition) is 3. The fourth-order valence-electron chi connectivity index (χ4n) is 0.636. The predicted octanol–water partition coefficient (Wildman–Crippen LogP) is -0.129. The van der Waals surface area contributed by atoms with Crippen LogP contribution in [0.1, 0.15) is 6.42 Å². The molecule has 0 saturated heterocycles. The minimum Gasteiger partial charge on any atom is -0.285 e. The molecule has 0 saturated carbocycles. The number of aryl methyl sites for hydroxylation is 1. The smallest absolute Gasteiger partial charge is 0.207 e. The lowest BCUT2D eigenvalue weighted by Gasteiger charge is -1.93. The van der Waals surface area contributed by atoms with Crippen LogP contribution in [-0.4, -0.2) is 20.5 Å². The highest BCUT2D eigenvalue weighted by Gasteiger charge is 1.96. The summed E-state index contributed by atoms with van der Waals surface area (Å²) in [6.07, 6.45) is 8.15. The van der Waals surface area contributed by atoms with Gasteiger partial charge in [-0.05, 0) is 5.92 Å². The minimum absolute atomic E-state index is 0.208. The first-order valence-corrected chi connectivity index (χ1v) is 3.15. The SMILES string of the molecule is C#CC(=O)CCn1cncn1. The number of rotatable bonds is 3. The summed E-state index contributed by atoms with van der Waals surface area (Å²) in [6, 6.07) is 0. The van der Waals surface area contributed by atoms with Crippen LogP contribution in [0.25, 0.3) is 0 Å². The monoisotopic (exact) mass is 149 g/mol. The lowest BCUT2D eigenvalue weighted by atomic mass is 10.3. The van der Waals surface area contributed by atoms with Crippen LogP contribution in [0, 0.1) is 12.3 Å². The second-order valence-electron chi connectivity index (χ2n) is 1.98. The summed E-state index contributed by atoms with van der Waals surface area (Å²) >= 11 is 0. The first-order chi connectivity index (χ1) is 5.33. The van der Waals surface area contributed by atoms with Gasteiger partial charge in [0.25, 0.3) is 0 Å². The van der Waals surface area contributed by atoms with Crippen molar-refractivity contribution in [1.82, 2.24) is 14.8 Å². The molecule has 1 heterocycles. The topological polar surface area (TPSA) is 47.8 Å². The van der Waals surface area contributed by atoms with Gasteiger partial charge in [-0.1, -0.05) is 0 Å². The van der Waals surface area contributed by atoms with Gasteiger partial charge in [-0.15, -0.1) is 6.42 Å². The van der Waals surface area contributed by atoms with Gasteiger partial charge in [-0.2, -0.15) is 5.10 Å². The number of aromatic nitrogens is 3. The Bertz CT molecular complexity index is 270. The molecule has 0 unspecified atom stereocenters. The van der Waals surface area contributed by atoms with Gasteiger partial charge in [0, 0.05) is 6.42 Å². The number of carbonyl (C=O) groups excluding carboxylic acids is 1. The molecule has 4 heteroatoms. The van der Waals surface area contributed by atoms with Crippen LogP contribution in [0.5, 0.6) is 0 Å². The molecule has 0 bridgehead atoms. The van der Waals surface area contributed by atoms with Gasteiger partial charge in [-0.25, -0.2) is 4.98 Å². The van der Waals surface area contributed by atoms with Crippen molar-refractivity contribution >= 4 is 5.78 Å². The average molecular weight is 149 g/mol. The van der Waals surface area contributed by atoms with Crippen molar-refractivity contribution in [1.29, 1.82) is 0 Å². The summed E-state index contributed by atoms with van der Waals surface area (Å²) in [7, 11) is 0. The van der Waals surface area contributed by atoms with Crippen molar-refractivity contribution in [2.45, 2.75) is 13.0 Å². The van der Waals surface area contributed by atoms with Gasteiger partial charge in [-0.3, -0.25) is 9.48 Å². The Kier molecular flexibility index (Phi) is 2.39. The van der Waals surface area contributed by atoms with Crippen molar-refractivity contribution < 1.29 is 4.79 Å². The molecule has 11 heavy (non-hydrogen) atoms. The van der Waals surface area contributed by atoms with Crippen LogP contribution in [0.15, 0.2) is 12.7 Å². The van der Waals surface area contributed by atoms with E-state index in [1.807, 2.05) is 5.92 Å². The molecule has 1 rings (SSSR count). The highest BCUT2D eigenvalue weighted by molar-refractivity contribution is 5.94. The van der Waals surface area contributed by atoms with Crippen molar-refractivity contribution in [2.75, 3.05) is 0 Å². The zero-order chi connectivity index (χ0) is 8.10. The van der Waals surface area contributed by atoms with Crippen molar-refractivity contribution in [3.8, 4) is 12.3 Å². The van der Waals surface area contributed by atoms with Crippen molar-refractivity contribution in [3.05, 3.63) is 12.7 Å². The summed E-state index contributed by atoms with van der Waals surface area (Å²) in [4.78, 5) is 14.3. The van der Waals surface area contributed by atoms with E-state index in [0.29, 0.717) is 13.0 Å². The van der Waals surface area contributed by atoms with E-state index in [1.165, 1.54) is 6.33 Å². The molecule has 0 radical (unpaired) electrons. The van der Waals surface area contributed by atoms with Gasteiger partial charge in [0.15, 0.2) is 0 Å². The van der Waals surface area contributed by atoms with E-state index < -0.39 is 0 Å². The molecule has 0 amide bonds. The van der Waals surface area contributed by atoms with Crippen LogP contribution >= 0.6 is 0 Å². The van der Waals surface area contributed by atoms with Gasteiger partial charge < -0.3 is 0 Å². The number of nitrogens with zero attached hydrogens (tertiary/aromatic N) is 3. The van der Waals surface area contributed by atoms with Gasteiger partial charge >= 0.3 is 0 Å². The molecular weight excluding hydrogens is 142 g/mol. The Morgan fingerprint density at radius 3 is 3.09 bits per heavy atom. The molecule has 0 aliphatic carbocycles. The third kappa shape index (κ3) is 2.22. The van der Waals surface area contributed by atoms with Crippen molar-refractivity contribution in [3.63, 3.8) is 0 Å². The number of terminal acetylenes is 1. The fourth-order valence-corrected chi connectivity index (χ4v) is 0.636. The van der Waals surface area contributed by atoms with Gasteiger partial charge in [0.2, 0.25) is 5.78 Å². The summed E-state index contributed by atoms with van der Waals surface area (Å²) in [5.41, 5.74) is 0. The summed E-state index contributed by atoms with van der Waals surface area (Å²) in [5, 5.41) is 3.81. The fraction of sp³-hybridized carbons (Fsp3) is 0.286. The van der Waals surface area contributed by atoms with Crippen molar-refractivity contribution in [2.24, 2.45) is 0 Å². The third-order valence-corrected chi connectivity index (χ3v) is 1.20. The summed E-state index contributed by atoms with van der Waals surface area (Å²) in [5.74, 6) is 1.82. The molecule has 0 aliphatic heterocycles. The largest absolute Gasteiger partial charge is 0.285 e. The molecule has 0 N–H and O–H groups in total. The van der Waals surface area contributed by atoms with E-state index in [0.717, 1.165) is 0 Å². The standard InChI is InChI=1S/C7H7N3O/c1-2-7(11)3-4-10-6-8-5-9-10/h1,5-6H,3-4H2. The Morgan fingerprint density at radius 2 is 2.55 bits per heavy atom. The quantitative estimate of drug-likeness (QED) is 0.444. The van der Waals surface area contributed by atoms with E-state index in [1.54, 1.807) is 11.0 Å². The maximum atomic E-state index is 10.6. The predicted molar refractivity (Wildman–Crippen MR) is 38.5 cm³/mol. The normalized spacial score (nSPS) is 9.00. The molecule has 0 spiro atoms.